The molecule has 2 rings (SSSR count). The molecule has 144 valence electrons. The number of amides is 1. The molecule has 2 aromatic rings. The fraction of sp³-hybridized carbons (Fsp3) is 0.316. The number of anilines is 1. The number of likely N-dealkylation sites (N-methyl/N-ethyl adjacent to an activating group) is 1. The third-order valence-corrected chi connectivity index (χ3v) is 4.06. The Morgan fingerprint density at radius 2 is 1.81 bits per heavy atom. The number of rotatable bonds is 8. The zero-order valence-corrected chi connectivity index (χ0v) is 15.9. The topological polar surface area (TPSA) is 95.1 Å². The number of nitrogens with one attached hydrogen (secondary N) is 2. The highest BCUT2D eigenvalue weighted by molar-refractivity contribution is 5.93. The molecule has 0 heterocycles. The molecule has 0 saturated carbocycles. The van der Waals surface area contributed by atoms with Crippen LogP contribution in [0.5, 0.6) is 11.5 Å². The number of hydrogen-bond acceptors (Lipinski definition) is 5. The van der Waals surface area contributed by atoms with Crippen LogP contribution in [0.2, 0.25) is 0 Å². The molecule has 2 N–H and O–H groups in total. The highest BCUT2D eigenvalue weighted by atomic mass is 16.6. The van der Waals surface area contributed by atoms with Crippen LogP contribution in [0.3, 0.4) is 0 Å². The van der Waals surface area contributed by atoms with Crippen LogP contribution in [0.15, 0.2) is 36.4 Å². The van der Waals surface area contributed by atoms with Crippen molar-refractivity contribution >= 4 is 17.3 Å². The van der Waals surface area contributed by atoms with Gasteiger partial charge in [0.1, 0.15) is 18.0 Å². The molecule has 1 amide bonds. The number of hydrogen-bond donors (Lipinski definition) is 2. The van der Waals surface area contributed by atoms with Crippen molar-refractivity contribution in [1.82, 2.24) is 0 Å². The summed E-state index contributed by atoms with van der Waals surface area (Å²) >= 11 is 0. The van der Waals surface area contributed by atoms with Gasteiger partial charge in [-0.05, 0) is 25.1 Å². The maximum Gasteiger partial charge on any atom is 0.279 e. The summed E-state index contributed by atoms with van der Waals surface area (Å²) < 4.78 is 10.5. The van der Waals surface area contributed by atoms with Crippen LogP contribution in [0.25, 0.3) is 0 Å². The van der Waals surface area contributed by atoms with Gasteiger partial charge in [-0.3, -0.25) is 14.9 Å². The Hall–Kier alpha value is -3.13. The number of ether oxygens (including phenoxy) is 2. The summed E-state index contributed by atoms with van der Waals surface area (Å²) in [5.74, 6) is 0.880. The van der Waals surface area contributed by atoms with E-state index in [1.807, 2.05) is 32.2 Å². The summed E-state index contributed by atoms with van der Waals surface area (Å²) in [6.07, 6.45) is 0. The Balaban J connectivity index is 2.06. The highest BCUT2D eigenvalue weighted by Gasteiger charge is 2.17. The number of methoxy groups -OCH3 is 2. The molecule has 2 aromatic carbocycles. The highest BCUT2D eigenvalue weighted by Crippen LogP contribution is 2.28. The van der Waals surface area contributed by atoms with Crippen molar-refractivity contribution in [3.8, 4) is 11.5 Å². The number of aryl methyl sites for hydroxylation is 1. The zero-order chi connectivity index (χ0) is 20.0. The van der Waals surface area contributed by atoms with E-state index in [9.17, 15) is 14.9 Å². The molecule has 1 unspecified atom stereocenters. The number of non-ortho nitro benzene ring substituents is 1. The van der Waals surface area contributed by atoms with Crippen molar-refractivity contribution in [3.05, 3.63) is 57.6 Å². The van der Waals surface area contributed by atoms with Crippen LogP contribution in [0, 0.1) is 17.0 Å². The Morgan fingerprint density at radius 1 is 1.15 bits per heavy atom. The number of quaternary nitrogens is 1. The molecule has 0 spiro atoms. The summed E-state index contributed by atoms with van der Waals surface area (Å²) in [7, 11) is 4.95. The molecular weight excluding hydrogens is 350 g/mol. The Labute approximate surface area is 157 Å². The maximum absolute atomic E-state index is 12.4. The lowest BCUT2D eigenvalue weighted by molar-refractivity contribution is -0.885. The normalized spacial score (nSPS) is 11.6. The molecule has 8 heteroatoms. The lowest BCUT2D eigenvalue weighted by Crippen LogP contribution is -3.08. The second-order valence-corrected chi connectivity index (χ2v) is 6.32. The summed E-state index contributed by atoms with van der Waals surface area (Å²) in [5, 5.41) is 13.6. The second-order valence-electron chi connectivity index (χ2n) is 6.32. The number of carbonyl (C=O) groups is 1. The van der Waals surface area contributed by atoms with Crippen molar-refractivity contribution in [3.63, 3.8) is 0 Å². The molecule has 0 fully saturated rings. The Morgan fingerprint density at radius 3 is 2.44 bits per heavy atom. The van der Waals surface area contributed by atoms with Gasteiger partial charge in [0, 0.05) is 17.7 Å². The summed E-state index contributed by atoms with van der Waals surface area (Å²) in [6.45, 7) is 2.78. The molecular formula is C19H24N3O5+. The molecule has 8 nitrogen and oxygen atoms in total. The van der Waals surface area contributed by atoms with Gasteiger partial charge in [-0.25, -0.2) is 0 Å². The van der Waals surface area contributed by atoms with Crippen molar-refractivity contribution in [2.24, 2.45) is 0 Å². The SMILES string of the molecule is COc1ccc(C)cc1C[NH+](C)CC(=O)Nc1cc([N+](=O)[O-])ccc1OC. The van der Waals surface area contributed by atoms with Crippen LogP contribution in [-0.4, -0.2) is 38.6 Å². The standard InChI is InChI=1S/C19H23N3O5/c1-13-5-7-17(26-3)14(9-13)11-21(2)12-19(23)20-16-10-15(22(24)25)6-8-18(16)27-4/h5-10H,11-12H2,1-4H3,(H,20,23)/p+1. The molecule has 0 aliphatic carbocycles. The van der Waals surface area contributed by atoms with E-state index in [0.717, 1.165) is 21.8 Å². The second kappa shape index (κ2) is 9.00. The Bertz CT molecular complexity index is 838. The van der Waals surface area contributed by atoms with Gasteiger partial charge in [0.15, 0.2) is 6.54 Å². The molecule has 27 heavy (non-hydrogen) atoms. The van der Waals surface area contributed by atoms with Gasteiger partial charge in [-0.2, -0.15) is 0 Å². The number of nitro benzene ring substituents is 1. The average Bonchev–Trinajstić information content (AvgIpc) is 2.61. The first-order chi connectivity index (χ1) is 12.8. The van der Waals surface area contributed by atoms with E-state index < -0.39 is 4.92 Å². The molecule has 0 bridgehead atoms. The molecule has 1 atom stereocenters. The van der Waals surface area contributed by atoms with Crippen LogP contribution in [0.1, 0.15) is 11.1 Å². The summed E-state index contributed by atoms with van der Waals surface area (Å²) in [4.78, 5) is 23.8. The van der Waals surface area contributed by atoms with Gasteiger partial charge >= 0.3 is 0 Å². The Kier molecular flexibility index (Phi) is 6.73. The predicted octanol–water partition coefficient (Wildman–Crippen LogP) is 1.57. The lowest BCUT2D eigenvalue weighted by atomic mass is 10.1. The lowest BCUT2D eigenvalue weighted by Gasteiger charge is -2.17. The van der Waals surface area contributed by atoms with Gasteiger partial charge in [-0.1, -0.05) is 11.6 Å². The van der Waals surface area contributed by atoms with Crippen LogP contribution in [0.4, 0.5) is 11.4 Å². The number of nitro groups is 1. The van der Waals surface area contributed by atoms with Crippen molar-refractivity contribution in [2.45, 2.75) is 13.5 Å². The van der Waals surface area contributed by atoms with Gasteiger partial charge in [-0.15, -0.1) is 0 Å². The first-order valence-corrected chi connectivity index (χ1v) is 8.41. The fourth-order valence-electron chi connectivity index (χ4n) is 2.81. The van der Waals surface area contributed by atoms with Gasteiger partial charge in [0.2, 0.25) is 0 Å². The predicted molar refractivity (Wildman–Crippen MR) is 101 cm³/mol. The summed E-state index contributed by atoms with van der Waals surface area (Å²) in [6, 6.07) is 9.99. The van der Waals surface area contributed by atoms with E-state index in [-0.39, 0.29) is 23.8 Å². The first kappa shape index (κ1) is 20.2. The molecule has 0 aromatic heterocycles. The van der Waals surface area contributed by atoms with E-state index in [4.69, 9.17) is 9.47 Å². The fourth-order valence-corrected chi connectivity index (χ4v) is 2.81. The van der Waals surface area contributed by atoms with E-state index in [2.05, 4.69) is 5.32 Å². The van der Waals surface area contributed by atoms with Crippen molar-refractivity contribution in [2.75, 3.05) is 33.1 Å². The largest absolute Gasteiger partial charge is 0.496 e. The third kappa shape index (κ3) is 5.42. The molecule has 0 saturated heterocycles. The number of nitrogens with zero attached hydrogens (tertiary/aromatic N) is 1. The smallest absolute Gasteiger partial charge is 0.279 e. The van der Waals surface area contributed by atoms with E-state index >= 15 is 0 Å². The van der Waals surface area contributed by atoms with E-state index in [1.165, 1.54) is 25.3 Å². The quantitative estimate of drug-likeness (QED) is 0.540. The van der Waals surface area contributed by atoms with E-state index in [1.54, 1.807) is 7.11 Å². The third-order valence-electron chi connectivity index (χ3n) is 4.06. The van der Waals surface area contributed by atoms with Gasteiger partial charge < -0.3 is 19.7 Å². The molecule has 0 aliphatic heterocycles. The van der Waals surface area contributed by atoms with Gasteiger partial charge in [0.25, 0.3) is 11.6 Å². The minimum atomic E-state index is -0.517. The average molecular weight is 374 g/mol. The minimum absolute atomic E-state index is 0.115. The molecule has 0 aliphatic rings. The van der Waals surface area contributed by atoms with Crippen LogP contribution in [-0.2, 0) is 11.3 Å². The van der Waals surface area contributed by atoms with Crippen molar-refractivity contribution in [1.29, 1.82) is 0 Å². The van der Waals surface area contributed by atoms with Crippen LogP contribution < -0.4 is 19.7 Å². The number of benzene rings is 2. The maximum atomic E-state index is 12.4. The monoisotopic (exact) mass is 374 g/mol. The van der Waals surface area contributed by atoms with Crippen LogP contribution >= 0.6 is 0 Å². The van der Waals surface area contributed by atoms with Crippen molar-refractivity contribution < 1.29 is 24.1 Å². The van der Waals surface area contributed by atoms with E-state index in [0.29, 0.717) is 12.3 Å². The summed E-state index contributed by atoms with van der Waals surface area (Å²) in [5.41, 5.74) is 2.29. The minimum Gasteiger partial charge on any atom is -0.496 e. The van der Waals surface area contributed by atoms with Gasteiger partial charge in [0.05, 0.1) is 31.9 Å². The number of carbonyl (C=O) groups excluding carboxylic acids is 1. The molecule has 0 radical (unpaired) electrons. The zero-order valence-electron chi connectivity index (χ0n) is 15.9. The first-order valence-electron chi connectivity index (χ1n) is 8.41.